The maximum absolute atomic E-state index is 4.52. The van der Waals surface area contributed by atoms with Gasteiger partial charge in [-0.1, -0.05) is 6.08 Å². The topological polar surface area (TPSA) is 36.4 Å². The summed E-state index contributed by atoms with van der Waals surface area (Å²) in [6.07, 6.45) is 3.94. The Labute approximate surface area is 121 Å². The van der Waals surface area contributed by atoms with E-state index >= 15 is 0 Å². The first-order valence-electron chi connectivity index (χ1n) is 5.24. The Morgan fingerprint density at radius 1 is 1.44 bits per heavy atom. The zero-order valence-corrected chi connectivity index (χ0v) is 13.8. The molecule has 0 aromatic carbocycles. The van der Waals surface area contributed by atoms with E-state index in [2.05, 4.69) is 49.2 Å². The number of hydrogen-bond donors (Lipinski definition) is 2. The predicted octanol–water partition coefficient (Wildman–Crippen LogP) is 2.49. The highest BCUT2D eigenvalue weighted by molar-refractivity contribution is 14.0. The average Bonchev–Trinajstić information content (AvgIpc) is 2.22. The van der Waals surface area contributed by atoms with E-state index < -0.39 is 0 Å². The van der Waals surface area contributed by atoms with Crippen LogP contribution in [0.2, 0.25) is 0 Å². The van der Waals surface area contributed by atoms with Crippen molar-refractivity contribution in [3.8, 4) is 0 Å². The molecule has 0 fully saturated rings. The smallest absolute Gasteiger partial charge is 0.191 e. The van der Waals surface area contributed by atoms with Crippen LogP contribution in [-0.2, 0) is 0 Å². The Kier molecular flexibility index (Phi) is 11.8. The lowest BCUT2D eigenvalue weighted by Crippen LogP contribution is -2.38. The van der Waals surface area contributed by atoms with Crippen LogP contribution < -0.4 is 10.6 Å². The molecule has 0 aromatic rings. The zero-order valence-electron chi connectivity index (χ0n) is 10.7. The number of rotatable bonds is 6. The summed E-state index contributed by atoms with van der Waals surface area (Å²) >= 11 is 1.83. The summed E-state index contributed by atoms with van der Waals surface area (Å²) in [5.41, 5.74) is 0. The highest BCUT2D eigenvalue weighted by Gasteiger charge is 2.15. The Morgan fingerprint density at radius 3 is 2.50 bits per heavy atom. The second kappa shape index (κ2) is 10.3. The van der Waals surface area contributed by atoms with E-state index in [0.717, 1.165) is 25.6 Å². The first-order chi connectivity index (χ1) is 7.05. The summed E-state index contributed by atoms with van der Waals surface area (Å²) in [6.45, 7) is 12.5. The fourth-order valence-electron chi connectivity index (χ4n) is 0.845. The van der Waals surface area contributed by atoms with Crippen LogP contribution in [0.4, 0.5) is 0 Å². The number of hydrogen-bond acceptors (Lipinski definition) is 2. The molecule has 96 valence electrons. The Balaban J connectivity index is 0. The molecule has 0 rings (SSSR count). The van der Waals surface area contributed by atoms with E-state index in [1.165, 1.54) is 0 Å². The van der Waals surface area contributed by atoms with E-state index in [-0.39, 0.29) is 28.7 Å². The third kappa shape index (κ3) is 9.33. The molecule has 0 saturated heterocycles. The summed E-state index contributed by atoms with van der Waals surface area (Å²) in [5, 5.41) is 6.37. The van der Waals surface area contributed by atoms with E-state index in [4.69, 9.17) is 0 Å². The van der Waals surface area contributed by atoms with Gasteiger partial charge in [0.1, 0.15) is 0 Å². The molecule has 0 aromatic heterocycles. The van der Waals surface area contributed by atoms with Crippen LogP contribution in [0.3, 0.4) is 0 Å². The monoisotopic (exact) mass is 357 g/mol. The van der Waals surface area contributed by atoms with Gasteiger partial charge in [0.05, 0.1) is 6.54 Å². The Bertz CT molecular complexity index is 217. The quantitative estimate of drug-likeness (QED) is 0.332. The molecule has 3 nitrogen and oxygen atoms in total. The molecular formula is C11H24IN3S. The molecule has 0 amide bonds. The van der Waals surface area contributed by atoms with Gasteiger partial charge in [0.2, 0.25) is 0 Å². The van der Waals surface area contributed by atoms with Crippen molar-refractivity contribution in [1.29, 1.82) is 0 Å². The number of guanidine groups is 1. The van der Waals surface area contributed by atoms with Crippen LogP contribution >= 0.6 is 35.7 Å². The molecule has 16 heavy (non-hydrogen) atoms. The Hall–Kier alpha value is 0.0900. The van der Waals surface area contributed by atoms with Crippen LogP contribution in [0, 0.1) is 0 Å². The van der Waals surface area contributed by atoms with Gasteiger partial charge in [0.25, 0.3) is 0 Å². The van der Waals surface area contributed by atoms with E-state index in [0.29, 0.717) is 0 Å². The van der Waals surface area contributed by atoms with Crippen molar-refractivity contribution in [1.82, 2.24) is 10.6 Å². The van der Waals surface area contributed by atoms with Crippen LogP contribution in [0.15, 0.2) is 17.6 Å². The van der Waals surface area contributed by atoms with Crippen LogP contribution in [0.5, 0.6) is 0 Å². The fourth-order valence-corrected chi connectivity index (χ4v) is 1.04. The number of aliphatic imine (C=N–C) groups is 1. The van der Waals surface area contributed by atoms with Gasteiger partial charge in [-0.2, -0.15) is 11.8 Å². The molecule has 0 unspecified atom stereocenters. The second-order valence-electron chi connectivity index (χ2n) is 3.83. The maximum Gasteiger partial charge on any atom is 0.191 e. The first kappa shape index (κ1) is 18.5. The average molecular weight is 357 g/mol. The second-order valence-corrected chi connectivity index (χ2v) is 5.34. The first-order valence-corrected chi connectivity index (χ1v) is 6.46. The summed E-state index contributed by atoms with van der Waals surface area (Å²) in [5.74, 6) is 0.861. The van der Waals surface area contributed by atoms with Gasteiger partial charge in [-0.3, -0.25) is 4.99 Å². The molecule has 0 heterocycles. The normalized spacial score (nSPS) is 11.6. The van der Waals surface area contributed by atoms with E-state index in [9.17, 15) is 0 Å². The molecule has 0 radical (unpaired) electrons. The lowest BCUT2D eigenvalue weighted by molar-refractivity contribution is 0.715. The minimum Gasteiger partial charge on any atom is -0.357 e. The fraction of sp³-hybridized carbons (Fsp3) is 0.727. The lowest BCUT2D eigenvalue weighted by Gasteiger charge is -2.20. The van der Waals surface area contributed by atoms with Crippen LogP contribution in [0.1, 0.15) is 20.8 Å². The third-order valence-corrected chi connectivity index (χ3v) is 3.16. The number of nitrogens with one attached hydrogen (secondary N) is 2. The zero-order chi connectivity index (χ0) is 11.7. The molecule has 0 aliphatic rings. The van der Waals surface area contributed by atoms with Gasteiger partial charge in [-0.25, -0.2) is 0 Å². The lowest BCUT2D eigenvalue weighted by atomic mass is 10.2. The van der Waals surface area contributed by atoms with Gasteiger partial charge < -0.3 is 10.6 Å². The number of thioether (sulfide) groups is 1. The van der Waals surface area contributed by atoms with Crippen molar-refractivity contribution < 1.29 is 0 Å². The molecule has 0 bridgehead atoms. The number of halogens is 1. The molecule has 0 aliphatic carbocycles. The SMILES string of the molecule is C=CCNC(=NCC(C)(C)SC)NCC.I. The molecule has 2 N–H and O–H groups in total. The molecule has 0 spiro atoms. The minimum atomic E-state index is 0. The number of nitrogens with zero attached hydrogens (tertiary/aromatic N) is 1. The van der Waals surface area contributed by atoms with Gasteiger partial charge >= 0.3 is 0 Å². The molecular weight excluding hydrogens is 333 g/mol. The summed E-state index contributed by atoms with van der Waals surface area (Å²) in [4.78, 5) is 4.52. The molecule has 0 aliphatic heterocycles. The van der Waals surface area contributed by atoms with Crippen molar-refractivity contribution in [2.24, 2.45) is 4.99 Å². The van der Waals surface area contributed by atoms with Gasteiger partial charge in [-0.05, 0) is 27.0 Å². The summed E-state index contributed by atoms with van der Waals surface area (Å²) in [6, 6.07) is 0. The van der Waals surface area contributed by atoms with Crippen molar-refractivity contribution in [3.63, 3.8) is 0 Å². The van der Waals surface area contributed by atoms with Crippen LogP contribution in [0.25, 0.3) is 0 Å². The van der Waals surface area contributed by atoms with Crippen molar-refractivity contribution in [2.75, 3.05) is 25.9 Å². The van der Waals surface area contributed by atoms with Crippen LogP contribution in [-0.4, -0.2) is 36.6 Å². The van der Waals surface area contributed by atoms with E-state index in [1.54, 1.807) is 0 Å². The highest BCUT2D eigenvalue weighted by atomic mass is 127. The standard InChI is InChI=1S/C11H23N3S.HI/c1-6-8-13-10(12-7-2)14-9-11(3,4)15-5;/h6H,1,7-9H2,2-5H3,(H2,12,13,14);1H. The van der Waals surface area contributed by atoms with Crippen molar-refractivity contribution in [3.05, 3.63) is 12.7 Å². The maximum atomic E-state index is 4.52. The molecule has 0 saturated carbocycles. The van der Waals surface area contributed by atoms with Gasteiger partial charge in [0.15, 0.2) is 5.96 Å². The summed E-state index contributed by atoms with van der Waals surface area (Å²) < 4.78 is 0.191. The largest absolute Gasteiger partial charge is 0.357 e. The molecule has 0 atom stereocenters. The van der Waals surface area contributed by atoms with Gasteiger partial charge in [-0.15, -0.1) is 30.6 Å². The minimum absolute atomic E-state index is 0. The van der Waals surface area contributed by atoms with Crippen molar-refractivity contribution in [2.45, 2.75) is 25.5 Å². The summed E-state index contributed by atoms with van der Waals surface area (Å²) in [7, 11) is 0. The highest BCUT2D eigenvalue weighted by Crippen LogP contribution is 2.20. The Morgan fingerprint density at radius 2 is 2.06 bits per heavy atom. The van der Waals surface area contributed by atoms with Gasteiger partial charge in [0, 0.05) is 17.8 Å². The molecule has 5 heteroatoms. The third-order valence-electron chi connectivity index (χ3n) is 1.93. The predicted molar refractivity (Wildman–Crippen MR) is 87.2 cm³/mol. The van der Waals surface area contributed by atoms with E-state index in [1.807, 2.05) is 17.8 Å². The van der Waals surface area contributed by atoms with Crippen molar-refractivity contribution >= 4 is 41.7 Å².